The third-order valence-electron chi connectivity index (χ3n) is 6.32. The van der Waals surface area contributed by atoms with Crippen molar-refractivity contribution in [3.8, 4) is 0 Å². The Balaban J connectivity index is 1.30. The molecule has 1 aromatic heterocycles. The van der Waals surface area contributed by atoms with Crippen LogP contribution in [0.25, 0.3) is 0 Å². The molecule has 2 atom stereocenters. The van der Waals surface area contributed by atoms with Gasteiger partial charge in [0.1, 0.15) is 5.82 Å². The van der Waals surface area contributed by atoms with Crippen molar-refractivity contribution in [2.45, 2.75) is 51.2 Å². The first kappa shape index (κ1) is 18.1. The Morgan fingerprint density at radius 3 is 2.86 bits per heavy atom. The Morgan fingerprint density at radius 1 is 1.32 bits per heavy atom. The van der Waals surface area contributed by atoms with Crippen molar-refractivity contribution < 1.29 is 9.18 Å². The number of aryl methyl sites for hydroxylation is 1. The van der Waals surface area contributed by atoms with E-state index < -0.39 is 0 Å². The number of piperazine rings is 1. The number of hydrogen-bond donors (Lipinski definition) is 1. The lowest BCUT2D eigenvalue weighted by molar-refractivity contribution is -0.131. The predicted octanol–water partition coefficient (Wildman–Crippen LogP) is 2.66. The van der Waals surface area contributed by atoms with Crippen molar-refractivity contribution in [1.29, 1.82) is 0 Å². The number of amides is 1. The highest BCUT2D eigenvalue weighted by molar-refractivity contribution is 7.15. The zero-order chi connectivity index (χ0) is 19.3. The largest absolute Gasteiger partial charge is 0.340 e. The van der Waals surface area contributed by atoms with E-state index in [2.05, 4.69) is 10.2 Å². The van der Waals surface area contributed by atoms with E-state index in [4.69, 9.17) is 4.98 Å². The molecule has 3 aliphatic heterocycles. The smallest absolute Gasteiger partial charge is 0.227 e. The Morgan fingerprint density at radius 2 is 2.11 bits per heavy atom. The Labute approximate surface area is 168 Å². The molecule has 5 rings (SSSR count). The van der Waals surface area contributed by atoms with Gasteiger partial charge in [-0.3, -0.25) is 4.79 Å². The molecule has 5 nitrogen and oxygen atoms in total. The molecule has 2 unspecified atom stereocenters. The van der Waals surface area contributed by atoms with Crippen LogP contribution in [0.5, 0.6) is 0 Å². The molecule has 0 radical (unpaired) electrons. The lowest BCUT2D eigenvalue weighted by Gasteiger charge is -2.35. The predicted molar refractivity (Wildman–Crippen MR) is 108 cm³/mol. The summed E-state index contributed by atoms with van der Waals surface area (Å²) in [7, 11) is 0. The number of anilines is 1. The quantitative estimate of drug-likeness (QED) is 0.861. The number of hydrogen-bond acceptors (Lipinski definition) is 5. The normalized spacial score (nSPS) is 23.8. The molecular formula is C21H25FN4OS. The summed E-state index contributed by atoms with van der Waals surface area (Å²) in [6, 6.07) is 5.77. The highest BCUT2D eigenvalue weighted by Crippen LogP contribution is 2.38. The maximum atomic E-state index is 13.3. The van der Waals surface area contributed by atoms with Crippen LogP contribution in [0.2, 0.25) is 0 Å². The second-order valence-corrected chi connectivity index (χ2v) is 9.19. The highest BCUT2D eigenvalue weighted by Gasteiger charge is 2.39. The average molecular weight is 401 g/mol. The average Bonchev–Trinajstić information content (AvgIpc) is 3.20. The van der Waals surface area contributed by atoms with Crippen LogP contribution in [0.1, 0.15) is 34.5 Å². The molecule has 3 aliphatic rings. The molecule has 1 N–H and O–H groups in total. The van der Waals surface area contributed by atoms with Crippen LogP contribution in [0, 0.1) is 12.7 Å². The minimum atomic E-state index is -0.254. The summed E-state index contributed by atoms with van der Waals surface area (Å²) in [5, 5.41) is 4.66. The molecule has 4 heterocycles. The van der Waals surface area contributed by atoms with Gasteiger partial charge < -0.3 is 15.1 Å². The molecule has 28 heavy (non-hydrogen) atoms. The van der Waals surface area contributed by atoms with Gasteiger partial charge in [0.15, 0.2) is 5.13 Å². The highest BCUT2D eigenvalue weighted by atomic mass is 32.1. The summed E-state index contributed by atoms with van der Waals surface area (Å²) in [6.07, 6.45) is 3.63. The van der Waals surface area contributed by atoms with Gasteiger partial charge in [0, 0.05) is 43.0 Å². The van der Waals surface area contributed by atoms with Gasteiger partial charge in [-0.15, -0.1) is 0 Å². The second-order valence-electron chi connectivity index (χ2n) is 8.13. The Kier molecular flexibility index (Phi) is 4.59. The van der Waals surface area contributed by atoms with Crippen LogP contribution in [0.4, 0.5) is 9.52 Å². The van der Waals surface area contributed by atoms with Gasteiger partial charge in [-0.2, -0.15) is 0 Å². The van der Waals surface area contributed by atoms with E-state index in [0.717, 1.165) is 35.8 Å². The van der Waals surface area contributed by atoms with Crippen molar-refractivity contribution in [3.05, 3.63) is 45.7 Å². The fourth-order valence-electron chi connectivity index (χ4n) is 4.73. The molecule has 148 valence electrons. The summed E-state index contributed by atoms with van der Waals surface area (Å²) in [4.78, 5) is 23.5. The van der Waals surface area contributed by atoms with Gasteiger partial charge in [0.05, 0.1) is 18.7 Å². The number of carbonyl (C=O) groups is 1. The summed E-state index contributed by atoms with van der Waals surface area (Å²) >= 11 is 1.77. The number of fused-ring (bicyclic) bond motifs is 3. The van der Waals surface area contributed by atoms with Crippen LogP contribution in [0.3, 0.4) is 0 Å². The molecule has 2 bridgehead atoms. The van der Waals surface area contributed by atoms with Gasteiger partial charge in [0.2, 0.25) is 5.91 Å². The summed E-state index contributed by atoms with van der Waals surface area (Å²) < 4.78 is 13.3. The third-order valence-corrected chi connectivity index (χ3v) is 7.42. The Hall–Kier alpha value is -1.99. The van der Waals surface area contributed by atoms with Crippen molar-refractivity contribution in [2.75, 3.05) is 24.5 Å². The second kappa shape index (κ2) is 7.12. The molecule has 1 amide bonds. The van der Waals surface area contributed by atoms with Gasteiger partial charge >= 0.3 is 0 Å². The molecule has 2 fully saturated rings. The maximum absolute atomic E-state index is 13.3. The third kappa shape index (κ3) is 3.20. The van der Waals surface area contributed by atoms with Crippen LogP contribution in [0.15, 0.2) is 18.2 Å². The first-order valence-corrected chi connectivity index (χ1v) is 10.9. The van der Waals surface area contributed by atoms with Crippen molar-refractivity contribution in [3.63, 3.8) is 0 Å². The molecule has 0 aliphatic carbocycles. The first-order chi connectivity index (χ1) is 13.6. The number of thiazole rings is 1. The minimum Gasteiger partial charge on any atom is -0.340 e. The number of carbonyl (C=O) groups excluding carboxylic acids is 1. The SMILES string of the molecule is Cc1cc(F)ccc1CC(=O)N1CCc2nc(N3C4CCC3CNC4)sc2C1. The number of aromatic nitrogens is 1. The molecule has 0 spiro atoms. The summed E-state index contributed by atoms with van der Waals surface area (Å²) in [5.41, 5.74) is 2.90. The van der Waals surface area contributed by atoms with Crippen LogP contribution in [-0.2, 0) is 24.2 Å². The van der Waals surface area contributed by atoms with Gasteiger partial charge in [-0.25, -0.2) is 9.37 Å². The monoisotopic (exact) mass is 400 g/mol. The topological polar surface area (TPSA) is 48.5 Å². The molecule has 7 heteroatoms. The zero-order valence-electron chi connectivity index (χ0n) is 16.1. The van der Waals surface area contributed by atoms with Gasteiger partial charge in [0.25, 0.3) is 0 Å². The zero-order valence-corrected chi connectivity index (χ0v) is 16.9. The van der Waals surface area contributed by atoms with Crippen molar-refractivity contribution in [2.24, 2.45) is 0 Å². The van der Waals surface area contributed by atoms with Crippen molar-refractivity contribution >= 4 is 22.4 Å². The van der Waals surface area contributed by atoms with Crippen LogP contribution in [-0.4, -0.2) is 47.5 Å². The Bertz CT molecular complexity index is 898. The van der Waals surface area contributed by atoms with E-state index in [1.54, 1.807) is 17.4 Å². The number of benzene rings is 1. The van der Waals surface area contributed by atoms with Gasteiger partial charge in [-0.05, 0) is 43.0 Å². The summed E-state index contributed by atoms with van der Waals surface area (Å²) in [6.45, 7) is 5.30. The molecule has 2 saturated heterocycles. The first-order valence-electron chi connectivity index (χ1n) is 10.1. The van der Waals surface area contributed by atoms with E-state index in [1.807, 2.05) is 11.8 Å². The van der Waals surface area contributed by atoms with Crippen molar-refractivity contribution in [1.82, 2.24) is 15.2 Å². The number of nitrogens with one attached hydrogen (secondary N) is 1. The van der Waals surface area contributed by atoms with E-state index in [9.17, 15) is 9.18 Å². The van der Waals surface area contributed by atoms with E-state index >= 15 is 0 Å². The molecule has 1 aromatic carbocycles. The van der Waals surface area contributed by atoms with E-state index in [-0.39, 0.29) is 11.7 Å². The van der Waals surface area contributed by atoms with E-state index in [1.165, 1.54) is 35.5 Å². The summed E-state index contributed by atoms with van der Waals surface area (Å²) in [5.74, 6) is -0.145. The number of halogens is 1. The lowest BCUT2D eigenvalue weighted by Crippen LogP contribution is -2.51. The van der Waals surface area contributed by atoms with Gasteiger partial charge in [-0.1, -0.05) is 17.4 Å². The minimum absolute atomic E-state index is 0.109. The molecule has 2 aromatic rings. The maximum Gasteiger partial charge on any atom is 0.227 e. The standard InChI is InChI=1S/C21H25FN4OS/c1-13-8-15(22)3-2-14(13)9-20(27)25-7-6-18-19(12-25)28-21(24-18)26-16-4-5-17(26)11-23-10-16/h2-3,8,16-17,23H,4-7,9-12H2,1H3. The number of nitrogens with zero attached hydrogens (tertiary/aromatic N) is 3. The van der Waals surface area contributed by atoms with Crippen LogP contribution >= 0.6 is 11.3 Å². The van der Waals surface area contributed by atoms with Crippen LogP contribution < -0.4 is 10.2 Å². The lowest BCUT2D eigenvalue weighted by atomic mass is 10.0. The van der Waals surface area contributed by atoms with E-state index in [0.29, 0.717) is 31.6 Å². The fraction of sp³-hybridized carbons (Fsp3) is 0.524. The molecular weight excluding hydrogens is 375 g/mol. The molecule has 0 saturated carbocycles. The fourth-order valence-corrected chi connectivity index (χ4v) is 5.99. The number of rotatable bonds is 3.